The quantitative estimate of drug-likeness (QED) is 0.672. The predicted molar refractivity (Wildman–Crippen MR) is 91.8 cm³/mol. The molecule has 2 heterocycles. The van der Waals surface area contributed by atoms with Crippen LogP contribution in [-0.4, -0.2) is 15.4 Å². The molecule has 0 aliphatic rings. The molecule has 118 valence electrons. The Balaban J connectivity index is 1.85. The van der Waals surface area contributed by atoms with Crippen molar-refractivity contribution < 1.29 is 9.21 Å². The highest BCUT2D eigenvalue weighted by Gasteiger charge is 2.18. The number of rotatable bonds is 5. The summed E-state index contributed by atoms with van der Waals surface area (Å²) < 4.78 is 8.38. The van der Waals surface area contributed by atoms with Gasteiger partial charge in [-0.15, -0.1) is 0 Å². The van der Waals surface area contributed by atoms with E-state index in [1.807, 2.05) is 66.3 Å². The van der Waals surface area contributed by atoms with E-state index in [9.17, 15) is 4.79 Å². The Morgan fingerprint density at radius 3 is 2.52 bits per heavy atom. The lowest BCUT2D eigenvalue weighted by atomic mass is 10.2. The smallest absolute Gasteiger partial charge is 0.254 e. The molecule has 0 aliphatic heterocycles. The second-order valence-electron chi connectivity index (χ2n) is 5.36. The molecule has 0 bridgehead atoms. The minimum atomic E-state index is -0.0184. The zero-order valence-corrected chi connectivity index (χ0v) is 14.4. The first-order chi connectivity index (χ1) is 11.1. The van der Waals surface area contributed by atoms with Gasteiger partial charge in [-0.25, -0.2) is 0 Å². The van der Waals surface area contributed by atoms with Crippen molar-refractivity contribution in [3.63, 3.8) is 0 Å². The summed E-state index contributed by atoms with van der Waals surface area (Å²) in [6.07, 6.45) is 3.60. The van der Waals surface area contributed by atoms with Crippen molar-refractivity contribution in [3.05, 3.63) is 82.5 Å². The summed E-state index contributed by atoms with van der Waals surface area (Å²) in [5, 5.41) is 0. The average Bonchev–Trinajstić information content (AvgIpc) is 3.19. The molecule has 0 saturated carbocycles. The van der Waals surface area contributed by atoms with Crippen LogP contribution in [0.1, 0.15) is 21.8 Å². The molecule has 5 heteroatoms. The zero-order valence-electron chi connectivity index (χ0n) is 12.8. The van der Waals surface area contributed by atoms with Gasteiger partial charge in [-0.3, -0.25) is 4.79 Å². The molecule has 0 aliphatic carbocycles. The molecule has 0 N–H and O–H groups in total. The molecule has 0 saturated heterocycles. The Kier molecular flexibility index (Phi) is 4.67. The second-order valence-corrected chi connectivity index (χ2v) is 6.27. The van der Waals surface area contributed by atoms with Gasteiger partial charge in [0.2, 0.25) is 0 Å². The van der Waals surface area contributed by atoms with E-state index in [0.29, 0.717) is 18.7 Å². The lowest BCUT2D eigenvalue weighted by Gasteiger charge is -2.22. The van der Waals surface area contributed by atoms with E-state index in [4.69, 9.17) is 4.42 Å². The number of carbonyl (C=O) groups excluding carboxylic acids is 1. The highest BCUT2D eigenvalue weighted by molar-refractivity contribution is 9.10. The Bertz CT molecular complexity index is 776. The maximum absolute atomic E-state index is 12.9. The van der Waals surface area contributed by atoms with Crippen LogP contribution in [0.2, 0.25) is 0 Å². The molecule has 2 aromatic heterocycles. The summed E-state index contributed by atoms with van der Waals surface area (Å²) in [4.78, 5) is 14.7. The van der Waals surface area contributed by atoms with Crippen LogP contribution in [-0.2, 0) is 20.1 Å². The molecule has 1 amide bonds. The number of halogens is 1. The average molecular weight is 373 g/mol. The molecule has 4 nitrogen and oxygen atoms in total. The van der Waals surface area contributed by atoms with Crippen LogP contribution < -0.4 is 0 Å². The van der Waals surface area contributed by atoms with E-state index in [1.165, 1.54) is 0 Å². The highest BCUT2D eigenvalue weighted by Crippen LogP contribution is 2.17. The summed E-state index contributed by atoms with van der Waals surface area (Å²) in [7, 11) is 1.98. The first kappa shape index (κ1) is 15.6. The Hall–Kier alpha value is -2.27. The number of nitrogens with zero attached hydrogens (tertiary/aromatic N) is 2. The van der Waals surface area contributed by atoms with Crippen molar-refractivity contribution in [1.29, 1.82) is 0 Å². The molecule has 0 unspecified atom stereocenters. The molecule has 0 atom stereocenters. The second kappa shape index (κ2) is 6.87. The summed E-state index contributed by atoms with van der Waals surface area (Å²) in [6.45, 7) is 0.964. The van der Waals surface area contributed by atoms with E-state index in [0.717, 1.165) is 15.9 Å². The first-order valence-electron chi connectivity index (χ1n) is 7.31. The van der Waals surface area contributed by atoms with Gasteiger partial charge in [0.25, 0.3) is 5.91 Å². The molecule has 0 fully saturated rings. The number of furan rings is 1. The maximum atomic E-state index is 12.9. The van der Waals surface area contributed by atoms with Gasteiger partial charge in [-0.2, -0.15) is 0 Å². The van der Waals surface area contributed by atoms with Crippen molar-refractivity contribution in [2.24, 2.45) is 7.05 Å². The third-order valence-electron chi connectivity index (χ3n) is 3.71. The minimum absolute atomic E-state index is 0.0184. The van der Waals surface area contributed by atoms with Gasteiger partial charge in [0.15, 0.2) is 0 Å². The molecule has 23 heavy (non-hydrogen) atoms. The van der Waals surface area contributed by atoms with Gasteiger partial charge in [0, 0.05) is 29.0 Å². The van der Waals surface area contributed by atoms with Crippen LogP contribution in [0.5, 0.6) is 0 Å². The normalized spacial score (nSPS) is 10.7. The number of carbonyl (C=O) groups is 1. The van der Waals surface area contributed by atoms with E-state index in [-0.39, 0.29) is 5.91 Å². The van der Waals surface area contributed by atoms with Gasteiger partial charge in [0.05, 0.1) is 19.4 Å². The fourth-order valence-corrected chi connectivity index (χ4v) is 2.69. The number of hydrogen-bond acceptors (Lipinski definition) is 2. The van der Waals surface area contributed by atoms with Crippen molar-refractivity contribution in [2.75, 3.05) is 0 Å². The van der Waals surface area contributed by atoms with Crippen LogP contribution in [0.25, 0.3) is 0 Å². The number of aromatic nitrogens is 1. The summed E-state index contributed by atoms with van der Waals surface area (Å²) in [5.74, 6) is 0.750. The number of amides is 1. The zero-order chi connectivity index (χ0) is 16.2. The highest BCUT2D eigenvalue weighted by atomic mass is 79.9. The number of aryl methyl sites for hydroxylation is 1. The van der Waals surface area contributed by atoms with Crippen LogP contribution >= 0.6 is 15.9 Å². The SMILES string of the molecule is Cn1cccc1CN(Cc1ccco1)C(=O)c1ccc(Br)cc1. The molecule has 0 spiro atoms. The molecule has 0 radical (unpaired) electrons. The van der Waals surface area contributed by atoms with Crippen LogP contribution in [0.3, 0.4) is 0 Å². The number of benzene rings is 1. The summed E-state index contributed by atoms with van der Waals surface area (Å²) >= 11 is 3.40. The maximum Gasteiger partial charge on any atom is 0.254 e. The molecular weight excluding hydrogens is 356 g/mol. The van der Waals surface area contributed by atoms with E-state index >= 15 is 0 Å². The predicted octanol–water partition coefficient (Wildman–Crippen LogP) is 4.22. The van der Waals surface area contributed by atoms with Gasteiger partial charge < -0.3 is 13.9 Å². The minimum Gasteiger partial charge on any atom is -0.467 e. The molecule has 3 rings (SSSR count). The molecule has 1 aromatic carbocycles. The standard InChI is InChI=1S/C18H17BrN2O2/c1-20-10-2-4-16(20)12-21(13-17-5-3-11-23-17)18(22)14-6-8-15(19)9-7-14/h2-11H,12-13H2,1H3. The van der Waals surface area contributed by atoms with Gasteiger partial charge in [-0.1, -0.05) is 15.9 Å². The van der Waals surface area contributed by atoms with E-state index in [1.54, 1.807) is 11.2 Å². The van der Waals surface area contributed by atoms with Crippen LogP contribution in [0.4, 0.5) is 0 Å². The molecular formula is C18H17BrN2O2. The Labute approximate surface area is 143 Å². The lowest BCUT2D eigenvalue weighted by Crippen LogP contribution is -2.30. The molecule has 3 aromatic rings. The lowest BCUT2D eigenvalue weighted by molar-refractivity contribution is 0.0714. The first-order valence-corrected chi connectivity index (χ1v) is 8.10. The topological polar surface area (TPSA) is 38.4 Å². The van der Waals surface area contributed by atoms with Gasteiger partial charge in [0.1, 0.15) is 5.76 Å². The van der Waals surface area contributed by atoms with Crippen molar-refractivity contribution in [1.82, 2.24) is 9.47 Å². The summed E-state index contributed by atoms with van der Waals surface area (Å²) in [5.41, 5.74) is 1.73. The van der Waals surface area contributed by atoms with Gasteiger partial charge in [-0.05, 0) is 48.5 Å². The number of hydrogen-bond donors (Lipinski definition) is 0. The van der Waals surface area contributed by atoms with Crippen molar-refractivity contribution in [3.8, 4) is 0 Å². The third kappa shape index (κ3) is 3.74. The Morgan fingerprint density at radius 1 is 1.13 bits per heavy atom. The Morgan fingerprint density at radius 2 is 1.91 bits per heavy atom. The van der Waals surface area contributed by atoms with Crippen LogP contribution in [0.15, 0.2) is 69.9 Å². The van der Waals surface area contributed by atoms with E-state index in [2.05, 4.69) is 15.9 Å². The monoisotopic (exact) mass is 372 g/mol. The van der Waals surface area contributed by atoms with Gasteiger partial charge >= 0.3 is 0 Å². The third-order valence-corrected chi connectivity index (χ3v) is 4.24. The fraction of sp³-hybridized carbons (Fsp3) is 0.167. The van der Waals surface area contributed by atoms with Crippen LogP contribution in [0, 0.1) is 0 Å². The summed E-state index contributed by atoms with van der Waals surface area (Å²) in [6, 6.07) is 15.1. The van der Waals surface area contributed by atoms with Crippen molar-refractivity contribution >= 4 is 21.8 Å². The largest absolute Gasteiger partial charge is 0.467 e. The fourth-order valence-electron chi connectivity index (χ4n) is 2.42. The van der Waals surface area contributed by atoms with E-state index < -0.39 is 0 Å². The van der Waals surface area contributed by atoms with Crippen molar-refractivity contribution in [2.45, 2.75) is 13.1 Å².